The van der Waals surface area contributed by atoms with Crippen LogP contribution in [0.4, 0.5) is 0 Å². The summed E-state index contributed by atoms with van der Waals surface area (Å²) < 4.78 is 5.54. The van der Waals surface area contributed by atoms with Gasteiger partial charge in [0.05, 0.1) is 6.61 Å². The van der Waals surface area contributed by atoms with Crippen molar-refractivity contribution in [1.82, 2.24) is 9.97 Å². The summed E-state index contributed by atoms with van der Waals surface area (Å²) in [5, 5.41) is 0.420. The minimum atomic E-state index is -0.135. The Morgan fingerprint density at radius 1 is 1.41 bits per heavy atom. The second-order valence-electron chi connectivity index (χ2n) is 4.88. The highest BCUT2D eigenvalue weighted by Crippen LogP contribution is 2.23. The maximum atomic E-state index is 5.95. The highest BCUT2D eigenvalue weighted by atomic mass is 35.5. The van der Waals surface area contributed by atoms with E-state index in [0.717, 1.165) is 12.8 Å². The molecule has 1 rings (SSSR count). The first-order valence-electron chi connectivity index (χ1n) is 5.72. The number of unbranched alkanes of at least 4 members (excludes halogenated alkanes) is 1. The van der Waals surface area contributed by atoms with Crippen molar-refractivity contribution in [2.75, 3.05) is 6.61 Å². The van der Waals surface area contributed by atoms with Crippen LogP contribution in [0.15, 0.2) is 18.7 Å². The SMILES string of the molecule is C=CCCCOc1cc(Cl)nc(C(C)(C)C)n1. The number of hydrogen-bond acceptors (Lipinski definition) is 3. The van der Waals surface area contributed by atoms with Gasteiger partial charge in [-0.1, -0.05) is 38.4 Å². The normalized spacial score (nSPS) is 11.3. The Hall–Kier alpha value is -1.09. The van der Waals surface area contributed by atoms with Crippen molar-refractivity contribution in [2.45, 2.75) is 39.0 Å². The third-order valence-corrected chi connectivity index (χ3v) is 2.34. The van der Waals surface area contributed by atoms with Crippen LogP contribution in [0.5, 0.6) is 5.88 Å². The number of halogens is 1. The molecule has 0 aliphatic heterocycles. The van der Waals surface area contributed by atoms with Crippen molar-refractivity contribution in [3.05, 3.63) is 29.7 Å². The van der Waals surface area contributed by atoms with Gasteiger partial charge in [0.25, 0.3) is 0 Å². The standard InChI is InChI=1S/C13H19ClN2O/c1-5-6-7-8-17-11-9-10(14)15-12(16-11)13(2,3)4/h5,9H,1,6-8H2,2-4H3. The molecule has 0 bridgehead atoms. The quantitative estimate of drug-likeness (QED) is 0.456. The fraction of sp³-hybridized carbons (Fsp3) is 0.538. The number of ether oxygens (including phenoxy) is 1. The Balaban J connectivity index is 2.72. The van der Waals surface area contributed by atoms with E-state index in [9.17, 15) is 0 Å². The van der Waals surface area contributed by atoms with Gasteiger partial charge in [0.1, 0.15) is 11.0 Å². The van der Waals surface area contributed by atoms with Crippen molar-refractivity contribution >= 4 is 11.6 Å². The number of allylic oxidation sites excluding steroid dienone is 1. The summed E-state index contributed by atoms with van der Waals surface area (Å²) >= 11 is 5.95. The lowest BCUT2D eigenvalue weighted by Crippen LogP contribution is -2.16. The molecule has 4 heteroatoms. The third kappa shape index (κ3) is 4.73. The first kappa shape index (κ1) is 14.0. The molecule has 1 aromatic heterocycles. The fourth-order valence-corrected chi connectivity index (χ4v) is 1.38. The van der Waals surface area contributed by atoms with Crippen LogP contribution in [-0.4, -0.2) is 16.6 Å². The Morgan fingerprint density at radius 2 is 2.12 bits per heavy atom. The molecule has 0 unspecified atom stereocenters. The highest BCUT2D eigenvalue weighted by Gasteiger charge is 2.19. The average Bonchev–Trinajstić information content (AvgIpc) is 2.22. The van der Waals surface area contributed by atoms with Crippen LogP contribution in [0.3, 0.4) is 0 Å². The van der Waals surface area contributed by atoms with Gasteiger partial charge in [-0.15, -0.1) is 6.58 Å². The summed E-state index contributed by atoms with van der Waals surface area (Å²) in [6.07, 6.45) is 3.73. The van der Waals surface area contributed by atoms with Crippen molar-refractivity contribution in [3.63, 3.8) is 0 Å². The van der Waals surface area contributed by atoms with Gasteiger partial charge >= 0.3 is 0 Å². The molecule has 1 aromatic rings. The van der Waals surface area contributed by atoms with E-state index in [4.69, 9.17) is 16.3 Å². The van der Waals surface area contributed by atoms with Gasteiger partial charge in [-0.2, -0.15) is 4.98 Å². The summed E-state index contributed by atoms with van der Waals surface area (Å²) in [4.78, 5) is 8.57. The molecule has 0 spiro atoms. The number of rotatable bonds is 5. The van der Waals surface area contributed by atoms with Crippen molar-refractivity contribution in [1.29, 1.82) is 0 Å². The topological polar surface area (TPSA) is 35.0 Å². The van der Waals surface area contributed by atoms with Gasteiger partial charge < -0.3 is 4.74 Å². The Labute approximate surface area is 108 Å². The second-order valence-corrected chi connectivity index (χ2v) is 5.27. The molecule has 0 saturated heterocycles. The lowest BCUT2D eigenvalue weighted by atomic mass is 9.96. The average molecular weight is 255 g/mol. The molecule has 0 aliphatic rings. The molecule has 0 radical (unpaired) electrons. The molecule has 0 amide bonds. The molecular weight excluding hydrogens is 236 g/mol. The summed E-state index contributed by atoms with van der Waals surface area (Å²) in [5.41, 5.74) is -0.135. The number of nitrogens with zero attached hydrogens (tertiary/aromatic N) is 2. The molecule has 0 atom stereocenters. The van der Waals surface area contributed by atoms with Gasteiger partial charge in [0.2, 0.25) is 5.88 Å². The van der Waals surface area contributed by atoms with Gasteiger partial charge in [-0.05, 0) is 12.8 Å². The highest BCUT2D eigenvalue weighted by molar-refractivity contribution is 6.29. The largest absolute Gasteiger partial charge is 0.478 e. The van der Waals surface area contributed by atoms with Crippen molar-refractivity contribution in [2.24, 2.45) is 0 Å². The van der Waals surface area contributed by atoms with Crippen LogP contribution in [0.1, 0.15) is 39.4 Å². The van der Waals surface area contributed by atoms with E-state index >= 15 is 0 Å². The maximum Gasteiger partial charge on any atom is 0.218 e. The number of aromatic nitrogens is 2. The van der Waals surface area contributed by atoms with Crippen LogP contribution in [0.25, 0.3) is 0 Å². The van der Waals surface area contributed by atoms with E-state index in [1.165, 1.54) is 0 Å². The lowest BCUT2D eigenvalue weighted by Gasteiger charge is -2.17. The Morgan fingerprint density at radius 3 is 2.71 bits per heavy atom. The molecule has 3 nitrogen and oxygen atoms in total. The van der Waals surface area contributed by atoms with E-state index in [-0.39, 0.29) is 5.41 Å². The second kappa shape index (κ2) is 6.01. The van der Waals surface area contributed by atoms with E-state index in [0.29, 0.717) is 23.5 Å². The molecule has 0 fully saturated rings. The summed E-state index contributed by atoms with van der Waals surface area (Å²) in [6, 6.07) is 1.64. The van der Waals surface area contributed by atoms with Gasteiger partial charge in [-0.25, -0.2) is 4.98 Å². The van der Waals surface area contributed by atoms with E-state index in [1.807, 2.05) is 26.8 Å². The zero-order valence-electron chi connectivity index (χ0n) is 10.7. The zero-order chi connectivity index (χ0) is 12.9. The van der Waals surface area contributed by atoms with Crippen LogP contribution in [0.2, 0.25) is 5.15 Å². The van der Waals surface area contributed by atoms with E-state index in [2.05, 4.69) is 16.5 Å². The molecule has 0 aliphatic carbocycles. The lowest BCUT2D eigenvalue weighted by molar-refractivity contribution is 0.296. The van der Waals surface area contributed by atoms with Gasteiger partial charge in [-0.3, -0.25) is 0 Å². The predicted molar refractivity (Wildman–Crippen MR) is 70.7 cm³/mol. The molecule has 0 aromatic carbocycles. The predicted octanol–water partition coefficient (Wildman–Crippen LogP) is 3.77. The minimum absolute atomic E-state index is 0.135. The molecule has 1 heterocycles. The molecule has 0 saturated carbocycles. The first-order valence-corrected chi connectivity index (χ1v) is 6.10. The van der Waals surface area contributed by atoms with Gasteiger partial charge in [0, 0.05) is 11.5 Å². The van der Waals surface area contributed by atoms with Crippen LogP contribution >= 0.6 is 11.6 Å². The Bertz CT molecular complexity index is 385. The number of hydrogen-bond donors (Lipinski definition) is 0. The Kier molecular flexibility index (Phi) is 4.94. The summed E-state index contributed by atoms with van der Waals surface area (Å²) in [6.45, 7) is 10.4. The first-order chi connectivity index (χ1) is 7.93. The summed E-state index contributed by atoms with van der Waals surface area (Å²) in [5.74, 6) is 1.24. The van der Waals surface area contributed by atoms with Crippen LogP contribution in [-0.2, 0) is 5.41 Å². The monoisotopic (exact) mass is 254 g/mol. The zero-order valence-corrected chi connectivity index (χ0v) is 11.4. The molecule has 94 valence electrons. The van der Waals surface area contributed by atoms with E-state index in [1.54, 1.807) is 6.07 Å². The van der Waals surface area contributed by atoms with Crippen molar-refractivity contribution < 1.29 is 4.74 Å². The van der Waals surface area contributed by atoms with Gasteiger partial charge in [0.15, 0.2) is 0 Å². The van der Waals surface area contributed by atoms with Crippen LogP contribution < -0.4 is 4.74 Å². The minimum Gasteiger partial charge on any atom is -0.478 e. The van der Waals surface area contributed by atoms with Crippen molar-refractivity contribution in [3.8, 4) is 5.88 Å². The fourth-order valence-electron chi connectivity index (χ4n) is 1.21. The summed E-state index contributed by atoms with van der Waals surface area (Å²) in [7, 11) is 0. The molecule has 0 N–H and O–H groups in total. The molecular formula is C13H19ClN2O. The van der Waals surface area contributed by atoms with E-state index < -0.39 is 0 Å². The maximum absolute atomic E-state index is 5.95. The third-order valence-electron chi connectivity index (χ3n) is 2.14. The van der Waals surface area contributed by atoms with Crippen LogP contribution in [0, 0.1) is 0 Å². The smallest absolute Gasteiger partial charge is 0.218 e. The molecule has 17 heavy (non-hydrogen) atoms.